The molecule has 0 amide bonds. The van der Waals surface area contributed by atoms with E-state index in [1.54, 1.807) is 0 Å². The number of aromatic amines is 2. The van der Waals surface area contributed by atoms with Gasteiger partial charge >= 0.3 is 207 Å². The predicted molar refractivity (Wildman–Crippen MR) is 129 cm³/mol. The summed E-state index contributed by atoms with van der Waals surface area (Å²) in [5.74, 6) is 0. The third kappa shape index (κ3) is 3.29. The van der Waals surface area contributed by atoms with Crippen molar-refractivity contribution in [2.75, 3.05) is 0 Å². The van der Waals surface area contributed by atoms with Crippen molar-refractivity contribution in [3.05, 3.63) is 69.9 Å². The Balaban J connectivity index is 0.00000108. The minimum Gasteiger partial charge on any atom is -1.00 e. The summed E-state index contributed by atoms with van der Waals surface area (Å²) in [6.45, 7) is 0. The molecule has 0 radical (unpaired) electrons. The van der Waals surface area contributed by atoms with Gasteiger partial charge in [-0.05, 0) is 0 Å². The summed E-state index contributed by atoms with van der Waals surface area (Å²) in [7, 11) is 0. The van der Waals surface area contributed by atoms with E-state index in [2.05, 4.69) is 102 Å². The quantitative estimate of drug-likeness (QED) is 0.229. The van der Waals surface area contributed by atoms with Gasteiger partial charge in [0.1, 0.15) is 0 Å². The average molecular weight is 682 g/mol. The summed E-state index contributed by atoms with van der Waals surface area (Å²) >= 11 is 8.30. The van der Waals surface area contributed by atoms with Gasteiger partial charge in [-0.2, -0.15) is 0 Å². The van der Waals surface area contributed by atoms with Gasteiger partial charge in [0.2, 0.25) is 0 Å². The molecule has 156 valence electrons. The first kappa shape index (κ1) is 23.0. The van der Waals surface area contributed by atoms with E-state index >= 15 is 0 Å². The van der Waals surface area contributed by atoms with Gasteiger partial charge in [0.15, 0.2) is 0 Å². The second kappa shape index (κ2) is 8.48. The fraction of sp³-hybridized carbons (Fsp3) is 0. The number of nitrogens with one attached hydrogen (secondary N) is 2. The topological polar surface area (TPSA) is 31.6 Å². The number of aromatic nitrogens is 2. The van der Waals surface area contributed by atoms with Crippen LogP contribution in [0.15, 0.2) is 79.7 Å². The van der Waals surface area contributed by atoms with Crippen LogP contribution in [0.2, 0.25) is 0 Å². The summed E-state index contributed by atoms with van der Waals surface area (Å²) in [4.78, 5) is 10.1. The van der Waals surface area contributed by atoms with Gasteiger partial charge in [-0.1, -0.05) is 0 Å². The Morgan fingerprint density at radius 3 is 2.44 bits per heavy atom. The van der Waals surface area contributed by atoms with E-state index in [0.29, 0.717) is 0 Å². The molecule has 0 aromatic heterocycles. The van der Waals surface area contributed by atoms with Crippen LogP contribution in [0, 0.1) is 0 Å². The van der Waals surface area contributed by atoms with E-state index < -0.39 is 23.2 Å². The molecule has 0 spiro atoms. The van der Waals surface area contributed by atoms with Gasteiger partial charge in [-0.15, -0.1) is 0 Å². The van der Waals surface area contributed by atoms with E-state index in [0.717, 1.165) is 9.21 Å². The van der Waals surface area contributed by atoms with Crippen LogP contribution in [-0.2, 0) is 23.2 Å². The van der Waals surface area contributed by atoms with E-state index in [4.69, 9.17) is 0 Å². The van der Waals surface area contributed by atoms with E-state index in [-0.39, 0.29) is 24.8 Å². The van der Waals surface area contributed by atoms with Gasteiger partial charge < -0.3 is 24.8 Å². The van der Waals surface area contributed by atoms with E-state index in [9.17, 15) is 0 Å². The maximum absolute atomic E-state index is 3.88. The number of rotatable bonds is 0. The van der Waals surface area contributed by atoms with Crippen LogP contribution in [0.3, 0.4) is 0 Å². The Labute approximate surface area is 229 Å². The molecule has 2 nitrogen and oxygen atoms in total. The zero-order chi connectivity index (χ0) is 20.0. The van der Waals surface area contributed by atoms with Crippen molar-refractivity contribution in [3.63, 3.8) is 0 Å². The maximum atomic E-state index is 3.88. The Morgan fingerprint density at radius 2 is 1.56 bits per heavy atom. The summed E-state index contributed by atoms with van der Waals surface area (Å²) in [5, 5.41) is 5.37. The van der Waals surface area contributed by atoms with E-state index in [1.807, 2.05) is 11.8 Å². The molecule has 2 bridgehead atoms. The first-order chi connectivity index (χ1) is 14.7. The number of pyridine rings is 2. The number of hydrogen-bond donors (Lipinski definition) is 2. The number of hydrogen-bond acceptors (Lipinski definition) is 1. The molecule has 3 heterocycles. The monoisotopic (exact) mass is 678 g/mol. The molecule has 3 aliphatic heterocycles. The minimum absolute atomic E-state index is 0. The van der Waals surface area contributed by atoms with Crippen LogP contribution in [0.4, 0.5) is 0 Å². The largest absolute Gasteiger partial charge is 1.00 e. The number of halogens is 4. The molecular formula is C24H12Br2Cl2N2SZr. The molecular weight excluding hydrogens is 670 g/mol. The van der Waals surface area contributed by atoms with Crippen LogP contribution in [0.5, 0.6) is 0 Å². The minimum atomic E-state index is -1.17. The molecule has 0 saturated heterocycles. The molecule has 0 fully saturated rings. The molecule has 2 aliphatic carbocycles. The van der Waals surface area contributed by atoms with Crippen molar-refractivity contribution >= 4 is 72.0 Å². The summed E-state index contributed by atoms with van der Waals surface area (Å²) in [6, 6.07) is 22.4. The van der Waals surface area contributed by atoms with Crippen LogP contribution < -0.4 is 31.6 Å². The van der Waals surface area contributed by atoms with Gasteiger partial charge in [0, 0.05) is 0 Å². The van der Waals surface area contributed by atoms with Gasteiger partial charge in [-0.25, -0.2) is 0 Å². The summed E-state index contributed by atoms with van der Waals surface area (Å²) in [5.41, 5.74) is 5.46. The molecule has 5 aliphatic rings. The maximum Gasteiger partial charge on any atom is -1.00 e. The molecule has 2 aromatic rings. The predicted octanol–water partition coefficient (Wildman–Crippen LogP) is 0.890. The van der Waals surface area contributed by atoms with Crippen molar-refractivity contribution in [2.24, 2.45) is 0 Å². The Bertz CT molecular complexity index is 1590. The van der Waals surface area contributed by atoms with Gasteiger partial charge in [0.05, 0.1) is 0 Å². The van der Waals surface area contributed by atoms with Crippen molar-refractivity contribution in [1.82, 2.24) is 9.97 Å². The van der Waals surface area contributed by atoms with Crippen LogP contribution in [-0.4, -0.2) is 9.97 Å². The molecule has 8 heteroatoms. The second-order valence-electron chi connectivity index (χ2n) is 7.58. The van der Waals surface area contributed by atoms with Crippen LogP contribution >= 0.6 is 43.6 Å². The third-order valence-electron chi connectivity index (χ3n) is 5.87. The number of benzene rings is 2. The van der Waals surface area contributed by atoms with Crippen molar-refractivity contribution < 1.29 is 48.0 Å². The van der Waals surface area contributed by atoms with Gasteiger partial charge in [-0.3, -0.25) is 0 Å². The second-order valence-corrected chi connectivity index (χ2v) is 13.3. The third-order valence-corrected chi connectivity index (χ3v) is 11.4. The number of fused-ring (bicyclic) bond motifs is 8. The fourth-order valence-electron chi connectivity index (χ4n) is 4.68. The molecule has 0 saturated carbocycles. The molecule has 7 rings (SSSR count). The zero-order valence-corrected chi connectivity index (χ0v) is 24.2. The summed E-state index contributed by atoms with van der Waals surface area (Å²) < 4.78 is 4.93. The molecule has 2 N–H and O–H groups in total. The van der Waals surface area contributed by atoms with Crippen LogP contribution in [0.25, 0.3) is 43.8 Å². The van der Waals surface area contributed by atoms with Crippen LogP contribution in [0.1, 0.15) is 0 Å². The molecule has 32 heavy (non-hydrogen) atoms. The fourth-order valence-corrected chi connectivity index (χ4v) is 11.3. The zero-order valence-electron chi connectivity index (χ0n) is 16.2. The Kier molecular flexibility index (Phi) is 6.10. The molecule has 0 unspecified atom stereocenters. The molecule has 2 aromatic carbocycles. The SMILES string of the molecule is Brc1cc2cc3cccc4c3c-2[c]([nH]1)[Zr+2][c]1[nH]c(Br)c(c2cc3ccccc3c1-2)S4.[Cl-].[Cl-]. The van der Waals surface area contributed by atoms with Crippen molar-refractivity contribution in [2.45, 2.75) is 9.79 Å². The first-order valence-corrected chi connectivity index (χ1v) is 14.5. The normalized spacial score (nSPS) is 12.1. The smallest absolute Gasteiger partial charge is 1.00 e. The van der Waals surface area contributed by atoms with Crippen molar-refractivity contribution in [1.29, 1.82) is 0 Å². The Morgan fingerprint density at radius 1 is 0.781 bits per heavy atom. The van der Waals surface area contributed by atoms with E-state index in [1.165, 1.54) is 60.4 Å². The first-order valence-electron chi connectivity index (χ1n) is 9.59. The van der Waals surface area contributed by atoms with Crippen molar-refractivity contribution in [3.8, 4) is 22.3 Å². The number of H-pyrrole nitrogens is 2. The molecule has 0 atom stereocenters. The van der Waals surface area contributed by atoms with Gasteiger partial charge in [0.25, 0.3) is 0 Å². The Hall–Kier alpha value is -0.747. The standard InChI is InChI=1S/C24H12Br2N2S.2ClH.Zr/c25-21-10-15-8-14-5-3-7-20(22(14)18(15)11-27-21)29-23-17-9-13-4-1-2-6-16(13)19(17)12-28-24(23)26;;;/h1-10,27-28H;2*1H;/q;;;+2/p-2. The average Bonchev–Trinajstić information content (AvgIpc) is 3.29. The summed E-state index contributed by atoms with van der Waals surface area (Å²) in [6.07, 6.45) is 0.